The molecule has 1 aliphatic carbocycles. The van der Waals surface area contributed by atoms with E-state index in [1.807, 2.05) is 0 Å². The lowest BCUT2D eigenvalue weighted by atomic mass is 9.89. The smallest absolute Gasteiger partial charge is 0.125 e. The van der Waals surface area contributed by atoms with Crippen molar-refractivity contribution < 1.29 is 9.18 Å². The molecule has 0 N–H and O–H groups in total. The summed E-state index contributed by atoms with van der Waals surface area (Å²) in [5, 5.41) is 0. The molecule has 2 atom stereocenters. The second-order valence-corrected chi connectivity index (χ2v) is 2.60. The van der Waals surface area contributed by atoms with Gasteiger partial charge < -0.3 is 4.79 Å². The van der Waals surface area contributed by atoms with Crippen LogP contribution in [0.2, 0.25) is 0 Å². The fraction of sp³-hybridized carbons (Fsp3) is 0.857. The summed E-state index contributed by atoms with van der Waals surface area (Å²) in [4.78, 5) is 10.1. The normalized spacial score (nSPS) is 36.1. The third-order valence-electron chi connectivity index (χ3n) is 1.91. The molecule has 1 fully saturated rings. The Labute approximate surface area is 54.3 Å². The van der Waals surface area contributed by atoms with Crippen LogP contribution in [0.3, 0.4) is 0 Å². The molecule has 1 saturated carbocycles. The van der Waals surface area contributed by atoms with Crippen molar-refractivity contribution in [2.24, 2.45) is 5.92 Å². The van der Waals surface area contributed by atoms with Gasteiger partial charge in [0, 0.05) is 5.92 Å². The molecule has 9 heavy (non-hydrogen) atoms. The van der Waals surface area contributed by atoms with E-state index in [4.69, 9.17) is 0 Å². The summed E-state index contributed by atoms with van der Waals surface area (Å²) in [6.07, 6.45) is 3.21. The molecular formula is C7H11FO. The number of carbonyl (C=O) groups is 1. The highest BCUT2D eigenvalue weighted by Gasteiger charge is 2.23. The highest BCUT2D eigenvalue weighted by Crippen LogP contribution is 2.24. The molecule has 0 aromatic rings. The molecule has 0 saturated heterocycles. The third-order valence-corrected chi connectivity index (χ3v) is 1.91. The van der Waals surface area contributed by atoms with E-state index in [1.165, 1.54) is 0 Å². The first kappa shape index (κ1) is 6.72. The van der Waals surface area contributed by atoms with E-state index in [-0.39, 0.29) is 5.92 Å². The maximum absolute atomic E-state index is 12.6. The maximum Gasteiger partial charge on any atom is 0.125 e. The third kappa shape index (κ3) is 1.50. The monoisotopic (exact) mass is 130 g/mol. The van der Waals surface area contributed by atoms with E-state index in [9.17, 15) is 9.18 Å². The van der Waals surface area contributed by atoms with Gasteiger partial charge in [0.05, 0.1) is 0 Å². The van der Waals surface area contributed by atoms with Gasteiger partial charge in [-0.3, -0.25) is 0 Å². The zero-order chi connectivity index (χ0) is 6.69. The molecule has 1 nitrogen and oxygen atoms in total. The molecule has 0 aromatic carbocycles. The summed E-state index contributed by atoms with van der Waals surface area (Å²) < 4.78 is 12.6. The Hall–Kier alpha value is -0.400. The lowest BCUT2D eigenvalue weighted by Crippen LogP contribution is -2.21. The first-order chi connectivity index (χ1) is 4.34. The van der Waals surface area contributed by atoms with Gasteiger partial charge in [-0.05, 0) is 12.8 Å². The van der Waals surface area contributed by atoms with Crippen LogP contribution in [0.4, 0.5) is 4.39 Å². The van der Waals surface area contributed by atoms with Crippen molar-refractivity contribution in [1.29, 1.82) is 0 Å². The second-order valence-electron chi connectivity index (χ2n) is 2.60. The fourth-order valence-corrected chi connectivity index (χ4v) is 1.27. The van der Waals surface area contributed by atoms with Gasteiger partial charge in [0.1, 0.15) is 12.5 Å². The molecule has 0 amide bonds. The highest BCUT2D eigenvalue weighted by atomic mass is 19.1. The van der Waals surface area contributed by atoms with Gasteiger partial charge in [-0.1, -0.05) is 12.8 Å². The largest absolute Gasteiger partial charge is 0.303 e. The molecule has 0 bridgehead atoms. The van der Waals surface area contributed by atoms with Crippen LogP contribution in [0.15, 0.2) is 0 Å². The zero-order valence-electron chi connectivity index (χ0n) is 5.35. The molecular weight excluding hydrogens is 119 g/mol. The number of aldehydes is 1. The Kier molecular flexibility index (Phi) is 2.20. The predicted octanol–water partition coefficient (Wildman–Crippen LogP) is 1.71. The van der Waals surface area contributed by atoms with Crippen LogP contribution in [0.1, 0.15) is 25.7 Å². The van der Waals surface area contributed by atoms with Gasteiger partial charge in [-0.25, -0.2) is 4.39 Å². The number of alkyl halides is 1. The van der Waals surface area contributed by atoms with Crippen molar-refractivity contribution in [3.63, 3.8) is 0 Å². The van der Waals surface area contributed by atoms with Crippen molar-refractivity contribution in [2.75, 3.05) is 0 Å². The van der Waals surface area contributed by atoms with Crippen LogP contribution < -0.4 is 0 Å². The summed E-state index contributed by atoms with van der Waals surface area (Å²) in [5.74, 6) is -0.293. The minimum Gasteiger partial charge on any atom is -0.303 e. The van der Waals surface area contributed by atoms with E-state index in [2.05, 4.69) is 0 Å². The van der Waals surface area contributed by atoms with E-state index >= 15 is 0 Å². The molecule has 1 rings (SSSR count). The number of hydrogen-bond donors (Lipinski definition) is 0. The van der Waals surface area contributed by atoms with Crippen LogP contribution in [0, 0.1) is 5.92 Å². The lowest BCUT2D eigenvalue weighted by Gasteiger charge is -2.19. The van der Waals surface area contributed by atoms with E-state index < -0.39 is 6.17 Å². The van der Waals surface area contributed by atoms with Crippen LogP contribution in [-0.4, -0.2) is 12.5 Å². The zero-order valence-corrected chi connectivity index (χ0v) is 5.35. The van der Waals surface area contributed by atoms with Crippen molar-refractivity contribution >= 4 is 6.29 Å². The minimum atomic E-state index is -0.851. The van der Waals surface area contributed by atoms with Crippen LogP contribution in [0.25, 0.3) is 0 Å². The molecule has 0 spiro atoms. The summed E-state index contributed by atoms with van der Waals surface area (Å²) in [6, 6.07) is 0. The lowest BCUT2D eigenvalue weighted by molar-refractivity contribution is -0.113. The summed E-state index contributed by atoms with van der Waals surface area (Å²) in [7, 11) is 0. The number of rotatable bonds is 1. The van der Waals surface area contributed by atoms with Gasteiger partial charge in [0.25, 0.3) is 0 Å². The number of halogens is 1. The van der Waals surface area contributed by atoms with Gasteiger partial charge >= 0.3 is 0 Å². The van der Waals surface area contributed by atoms with Gasteiger partial charge in [0.15, 0.2) is 0 Å². The molecule has 2 heteroatoms. The quantitative estimate of drug-likeness (QED) is 0.494. The van der Waals surface area contributed by atoms with E-state index in [1.54, 1.807) is 0 Å². The van der Waals surface area contributed by atoms with Crippen molar-refractivity contribution in [3.8, 4) is 0 Å². The summed E-state index contributed by atoms with van der Waals surface area (Å²) in [6.45, 7) is 0. The summed E-state index contributed by atoms with van der Waals surface area (Å²) >= 11 is 0. The molecule has 0 radical (unpaired) electrons. The first-order valence-electron chi connectivity index (χ1n) is 3.44. The Morgan fingerprint density at radius 2 is 2.00 bits per heavy atom. The molecule has 0 heterocycles. The van der Waals surface area contributed by atoms with E-state index in [0.717, 1.165) is 25.5 Å². The fourth-order valence-electron chi connectivity index (χ4n) is 1.27. The Morgan fingerprint density at radius 1 is 1.33 bits per heavy atom. The molecule has 2 unspecified atom stereocenters. The average molecular weight is 130 g/mol. The summed E-state index contributed by atoms with van der Waals surface area (Å²) in [5.41, 5.74) is 0. The van der Waals surface area contributed by atoms with E-state index in [0.29, 0.717) is 6.42 Å². The van der Waals surface area contributed by atoms with Crippen LogP contribution >= 0.6 is 0 Å². The predicted molar refractivity (Wildman–Crippen MR) is 32.9 cm³/mol. The van der Waals surface area contributed by atoms with Gasteiger partial charge in [-0.15, -0.1) is 0 Å². The van der Waals surface area contributed by atoms with Crippen molar-refractivity contribution in [2.45, 2.75) is 31.9 Å². The number of hydrogen-bond acceptors (Lipinski definition) is 1. The first-order valence-corrected chi connectivity index (χ1v) is 3.44. The van der Waals surface area contributed by atoms with Crippen molar-refractivity contribution in [1.82, 2.24) is 0 Å². The standard InChI is InChI=1S/C7H11FO/c8-7-4-2-1-3-6(7)5-9/h5-7H,1-4H2. The second kappa shape index (κ2) is 2.95. The number of carbonyl (C=O) groups excluding carboxylic acids is 1. The molecule has 0 aliphatic heterocycles. The van der Waals surface area contributed by atoms with Crippen molar-refractivity contribution in [3.05, 3.63) is 0 Å². The topological polar surface area (TPSA) is 17.1 Å². The average Bonchev–Trinajstić information content (AvgIpc) is 1.89. The van der Waals surface area contributed by atoms with Gasteiger partial charge in [-0.2, -0.15) is 0 Å². The van der Waals surface area contributed by atoms with Crippen LogP contribution in [0.5, 0.6) is 0 Å². The Morgan fingerprint density at radius 3 is 2.44 bits per heavy atom. The Balaban J connectivity index is 2.38. The van der Waals surface area contributed by atoms with Crippen LogP contribution in [-0.2, 0) is 4.79 Å². The SMILES string of the molecule is O=CC1CCCCC1F. The Bertz CT molecular complexity index is 103. The maximum atomic E-state index is 12.6. The molecule has 52 valence electrons. The minimum absolute atomic E-state index is 0.293. The highest BCUT2D eigenvalue weighted by molar-refractivity contribution is 5.54. The molecule has 1 aliphatic rings. The molecule has 0 aromatic heterocycles. The van der Waals surface area contributed by atoms with Gasteiger partial charge in [0.2, 0.25) is 0 Å².